The van der Waals surface area contributed by atoms with Crippen molar-refractivity contribution < 1.29 is 4.79 Å². The Bertz CT molecular complexity index is 729. The molecule has 25 heavy (non-hydrogen) atoms. The highest BCUT2D eigenvalue weighted by molar-refractivity contribution is 5.89. The molecule has 1 heterocycles. The number of hydrogen-bond donors (Lipinski definition) is 2. The number of anilines is 1. The molecule has 1 fully saturated rings. The molecule has 0 radical (unpaired) electrons. The van der Waals surface area contributed by atoms with Gasteiger partial charge < -0.3 is 10.6 Å². The average Bonchev–Trinajstić information content (AvgIpc) is 2.87. The molecule has 0 saturated heterocycles. The number of urea groups is 1. The van der Waals surface area contributed by atoms with Crippen LogP contribution in [0, 0.1) is 19.8 Å². The van der Waals surface area contributed by atoms with Crippen LogP contribution in [0.5, 0.6) is 0 Å². The zero-order chi connectivity index (χ0) is 17.8. The highest BCUT2D eigenvalue weighted by Gasteiger charge is 2.19. The van der Waals surface area contributed by atoms with Gasteiger partial charge in [0.05, 0.1) is 12.2 Å². The predicted molar refractivity (Wildman–Crippen MR) is 101 cm³/mol. The third-order valence-electron chi connectivity index (χ3n) is 4.97. The van der Waals surface area contributed by atoms with Crippen LogP contribution in [-0.2, 0) is 6.54 Å². The van der Waals surface area contributed by atoms with Gasteiger partial charge in [-0.1, -0.05) is 19.1 Å². The summed E-state index contributed by atoms with van der Waals surface area (Å²) in [6.07, 6.45) is 4.55. The first kappa shape index (κ1) is 17.5. The van der Waals surface area contributed by atoms with Crippen LogP contribution in [0.4, 0.5) is 10.5 Å². The van der Waals surface area contributed by atoms with E-state index in [1.165, 1.54) is 12.8 Å². The lowest BCUT2D eigenvalue weighted by atomic mass is 9.87. The van der Waals surface area contributed by atoms with Gasteiger partial charge in [-0.2, -0.15) is 5.10 Å². The Labute approximate surface area is 149 Å². The lowest BCUT2D eigenvalue weighted by Crippen LogP contribution is -2.39. The predicted octanol–water partition coefficient (Wildman–Crippen LogP) is 4.25. The number of nitrogens with one attached hydrogen (secondary N) is 2. The molecule has 134 valence electrons. The minimum absolute atomic E-state index is 0.109. The molecule has 0 bridgehead atoms. The lowest BCUT2D eigenvalue weighted by Gasteiger charge is -2.26. The number of aryl methyl sites for hydroxylation is 2. The SMILES string of the molecule is Cc1cc(C)n(Cc2cccc(NC(=O)NC3CCC(C)CC3)c2)n1. The van der Waals surface area contributed by atoms with Crippen LogP contribution in [0.1, 0.15) is 49.6 Å². The summed E-state index contributed by atoms with van der Waals surface area (Å²) in [4.78, 5) is 12.2. The Balaban J connectivity index is 1.57. The summed E-state index contributed by atoms with van der Waals surface area (Å²) in [6.45, 7) is 7.04. The maximum Gasteiger partial charge on any atom is 0.319 e. The van der Waals surface area contributed by atoms with Gasteiger partial charge in [-0.3, -0.25) is 4.68 Å². The van der Waals surface area contributed by atoms with Crippen molar-refractivity contribution in [1.29, 1.82) is 0 Å². The standard InChI is InChI=1S/C20H28N4O/c1-14-7-9-18(10-8-14)21-20(25)22-19-6-4-5-17(12-19)13-24-16(3)11-15(2)23-24/h4-6,11-12,14,18H,7-10,13H2,1-3H3,(H2,21,22,25). The second kappa shape index (κ2) is 7.72. The molecular weight excluding hydrogens is 312 g/mol. The number of aromatic nitrogens is 2. The van der Waals surface area contributed by atoms with Gasteiger partial charge in [0.2, 0.25) is 0 Å². The molecular formula is C20H28N4O. The van der Waals surface area contributed by atoms with Gasteiger partial charge in [-0.05, 0) is 69.2 Å². The molecule has 0 spiro atoms. The van der Waals surface area contributed by atoms with Crippen molar-refractivity contribution >= 4 is 11.7 Å². The molecule has 1 aliphatic carbocycles. The van der Waals surface area contributed by atoms with Gasteiger partial charge in [0, 0.05) is 17.4 Å². The first-order valence-electron chi connectivity index (χ1n) is 9.17. The van der Waals surface area contributed by atoms with Crippen molar-refractivity contribution in [3.63, 3.8) is 0 Å². The molecule has 2 N–H and O–H groups in total. The topological polar surface area (TPSA) is 59.0 Å². The van der Waals surface area contributed by atoms with Gasteiger partial charge in [-0.15, -0.1) is 0 Å². The van der Waals surface area contributed by atoms with Crippen LogP contribution in [0.25, 0.3) is 0 Å². The Morgan fingerprint density at radius 1 is 1.20 bits per heavy atom. The molecule has 1 aliphatic rings. The Morgan fingerprint density at radius 2 is 1.96 bits per heavy atom. The molecule has 1 aromatic heterocycles. The maximum absolute atomic E-state index is 12.2. The van der Waals surface area contributed by atoms with Crippen molar-refractivity contribution in [2.24, 2.45) is 5.92 Å². The smallest absolute Gasteiger partial charge is 0.319 e. The van der Waals surface area contributed by atoms with E-state index in [-0.39, 0.29) is 6.03 Å². The highest BCUT2D eigenvalue weighted by atomic mass is 16.2. The number of carbonyl (C=O) groups excluding carboxylic acids is 1. The van der Waals surface area contributed by atoms with Crippen LogP contribution in [0.3, 0.4) is 0 Å². The largest absolute Gasteiger partial charge is 0.335 e. The minimum atomic E-state index is -0.109. The average molecular weight is 340 g/mol. The Kier molecular flexibility index (Phi) is 5.41. The molecule has 0 aliphatic heterocycles. The normalized spacial score (nSPS) is 20.3. The third kappa shape index (κ3) is 4.84. The summed E-state index contributed by atoms with van der Waals surface area (Å²) < 4.78 is 1.98. The van der Waals surface area contributed by atoms with Crippen LogP contribution in [0.2, 0.25) is 0 Å². The van der Waals surface area contributed by atoms with Gasteiger partial charge in [0.15, 0.2) is 0 Å². The zero-order valence-corrected chi connectivity index (χ0v) is 15.4. The summed E-state index contributed by atoms with van der Waals surface area (Å²) in [7, 11) is 0. The molecule has 1 saturated carbocycles. The van der Waals surface area contributed by atoms with E-state index in [9.17, 15) is 4.79 Å². The van der Waals surface area contributed by atoms with Crippen molar-refractivity contribution in [2.45, 2.75) is 59.0 Å². The van der Waals surface area contributed by atoms with Crippen molar-refractivity contribution in [2.75, 3.05) is 5.32 Å². The number of benzene rings is 1. The summed E-state index contributed by atoms with van der Waals surface area (Å²) >= 11 is 0. The van der Waals surface area contributed by atoms with Crippen molar-refractivity contribution in [3.05, 3.63) is 47.3 Å². The number of amides is 2. The lowest BCUT2D eigenvalue weighted by molar-refractivity contribution is 0.239. The summed E-state index contributed by atoms with van der Waals surface area (Å²) in [6, 6.07) is 10.2. The molecule has 2 amide bonds. The molecule has 5 heteroatoms. The van der Waals surface area contributed by atoms with E-state index in [1.807, 2.05) is 29.8 Å². The Morgan fingerprint density at radius 3 is 2.64 bits per heavy atom. The molecule has 3 rings (SSSR count). The quantitative estimate of drug-likeness (QED) is 0.874. The number of rotatable bonds is 4. The maximum atomic E-state index is 12.2. The van der Waals surface area contributed by atoms with Crippen LogP contribution >= 0.6 is 0 Å². The summed E-state index contributed by atoms with van der Waals surface area (Å²) in [5, 5.41) is 10.6. The van der Waals surface area contributed by atoms with E-state index >= 15 is 0 Å². The second-order valence-electron chi connectivity index (χ2n) is 7.34. The van der Waals surface area contributed by atoms with E-state index in [0.29, 0.717) is 12.6 Å². The first-order valence-corrected chi connectivity index (χ1v) is 9.17. The van der Waals surface area contributed by atoms with Gasteiger partial charge >= 0.3 is 6.03 Å². The van der Waals surface area contributed by atoms with E-state index in [1.54, 1.807) is 0 Å². The molecule has 5 nitrogen and oxygen atoms in total. The molecule has 1 aromatic carbocycles. The fourth-order valence-corrected chi connectivity index (χ4v) is 3.51. The zero-order valence-electron chi connectivity index (χ0n) is 15.4. The fraction of sp³-hybridized carbons (Fsp3) is 0.500. The molecule has 0 atom stereocenters. The van der Waals surface area contributed by atoms with Gasteiger partial charge in [0.1, 0.15) is 0 Å². The number of nitrogens with zero attached hydrogens (tertiary/aromatic N) is 2. The summed E-state index contributed by atoms with van der Waals surface area (Å²) in [5.74, 6) is 0.784. The van der Waals surface area contributed by atoms with Gasteiger partial charge in [0.25, 0.3) is 0 Å². The highest BCUT2D eigenvalue weighted by Crippen LogP contribution is 2.23. The number of hydrogen-bond acceptors (Lipinski definition) is 2. The van der Waals surface area contributed by atoms with E-state index in [4.69, 9.17) is 0 Å². The minimum Gasteiger partial charge on any atom is -0.335 e. The molecule has 0 unspecified atom stereocenters. The van der Waals surface area contributed by atoms with E-state index in [0.717, 1.165) is 41.4 Å². The van der Waals surface area contributed by atoms with E-state index < -0.39 is 0 Å². The van der Waals surface area contributed by atoms with Gasteiger partial charge in [-0.25, -0.2) is 4.79 Å². The van der Waals surface area contributed by atoms with Crippen LogP contribution in [0.15, 0.2) is 30.3 Å². The molecule has 2 aromatic rings. The third-order valence-corrected chi connectivity index (χ3v) is 4.97. The summed E-state index contributed by atoms with van der Waals surface area (Å²) in [5.41, 5.74) is 4.10. The number of carbonyl (C=O) groups is 1. The Hall–Kier alpha value is -2.30. The van der Waals surface area contributed by atoms with Crippen molar-refractivity contribution in [1.82, 2.24) is 15.1 Å². The van der Waals surface area contributed by atoms with Crippen molar-refractivity contribution in [3.8, 4) is 0 Å². The van der Waals surface area contributed by atoms with Crippen LogP contribution < -0.4 is 10.6 Å². The first-order chi connectivity index (χ1) is 12.0. The monoisotopic (exact) mass is 340 g/mol. The van der Waals surface area contributed by atoms with Crippen LogP contribution in [-0.4, -0.2) is 21.9 Å². The fourth-order valence-electron chi connectivity index (χ4n) is 3.51. The van der Waals surface area contributed by atoms with E-state index in [2.05, 4.69) is 41.7 Å². The second-order valence-corrected chi connectivity index (χ2v) is 7.34.